The van der Waals surface area contributed by atoms with Crippen molar-refractivity contribution in [2.75, 3.05) is 26.0 Å². The molecule has 0 unspecified atom stereocenters. The second-order valence-electron chi connectivity index (χ2n) is 8.36. The maximum absolute atomic E-state index is 12.3. The number of amides is 2. The maximum atomic E-state index is 12.3. The van der Waals surface area contributed by atoms with E-state index in [2.05, 4.69) is 24.3 Å². The average molecular weight is 523 g/mol. The lowest BCUT2D eigenvalue weighted by Crippen LogP contribution is -2.43. The highest BCUT2D eigenvalue weighted by Gasteiger charge is 2.24. The van der Waals surface area contributed by atoms with Gasteiger partial charge in [-0.15, -0.1) is 5.10 Å². The lowest BCUT2D eigenvalue weighted by molar-refractivity contribution is -0.131. The number of benzene rings is 1. The number of Topliss-reactive ketones (excluding diaryl/α,β-unsaturated/α-hetero) is 1. The van der Waals surface area contributed by atoms with Gasteiger partial charge in [0, 0.05) is 30.8 Å². The van der Waals surface area contributed by atoms with Gasteiger partial charge in [0.1, 0.15) is 0 Å². The molecule has 0 aliphatic heterocycles. The number of hydrazone groups is 1. The Labute approximate surface area is 221 Å². The van der Waals surface area contributed by atoms with Gasteiger partial charge in [-0.1, -0.05) is 83.3 Å². The zero-order valence-electron chi connectivity index (χ0n) is 22.9. The van der Waals surface area contributed by atoms with E-state index < -0.39 is 6.04 Å². The van der Waals surface area contributed by atoms with Crippen molar-refractivity contribution in [2.45, 2.75) is 79.2 Å². The van der Waals surface area contributed by atoms with Gasteiger partial charge in [-0.05, 0) is 31.9 Å². The Bertz CT molecular complexity index is 783. The molecule has 0 bridgehead atoms. The van der Waals surface area contributed by atoms with Crippen molar-refractivity contribution in [3.05, 3.63) is 35.9 Å². The molecule has 1 fully saturated rings. The summed E-state index contributed by atoms with van der Waals surface area (Å²) in [6.45, 7) is 10.1. The summed E-state index contributed by atoms with van der Waals surface area (Å²) in [5.74, 6) is 5.48. The van der Waals surface area contributed by atoms with Crippen LogP contribution in [0.15, 0.2) is 35.4 Å². The van der Waals surface area contributed by atoms with Gasteiger partial charge >= 0.3 is 0 Å². The number of hydrogen-bond donors (Lipinski definition) is 2. The first-order chi connectivity index (χ1) is 17.3. The minimum absolute atomic E-state index is 0.00257. The van der Waals surface area contributed by atoms with Gasteiger partial charge in [-0.2, -0.15) is 0 Å². The Balaban J connectivity index is 0.00000227. The Kier molecular flexibility index (Phi) is 19.2. The van der Waals surface area contributed by atoms with Crippen LogP contribution in [0, 0.1) is 5.92 Å². The number of rotatable bonds is 9. The molecule has 0 heterocycles. The molecule has 9 heteroatoms. The molecule has 36 heavy (non-hydrogen) atoms. The smallest absolute Gasteiger partial charge is 0.267 e. The van der Waals surface area contributed by atoms with Crippen LogP contribution in [0.3, 0.4) is 0 Å². The van der Waals surface area contributed by atoms with E-state index in [1.807, 2.05) is 32.0 Å². The van der Waals surface area contributed by atoms with Gasteiger partial charge < -0.3 is 20.8 Å². The topological polar surface area (TPSA) is 114 Å². The normalized spacial score (nSPS) is 14.2. The Morgan fingerprint density at radius 1 is 1.14 bits per heavy atom. The van der Waals surface area contributed by atoms with Gasteiger partial charge in [0.15, 0.2) is 12.4 Å². The molecule has 1 aromatic rings. The third kappa shape index (κ3) is 13.5. The summed E-state index contributed by atoms with van der Waals surface area (Å²) in [5.41, 5.74) is 0.619. The van der Waals surface area contributed by atoms with E-state index in [9.17, 15) is 14.4 Å². The van der Waals surface area contributed by atoms with Crippen LogP contribution in [0.1, 0.15) is 83.5 Å². The number of thioether (sulfide) groups is 1. The van der Waals surface area contributed by atoms with Crippen LogP contribution >= 0.6 is 11.8 Å². The number of ketones is 1. The quantitative estimate of drug-likeness (QED) is 0.208. The molecule has 0 saturated heterocycles. The van der Waals surface area contributed by atoms with Crippen molar-refractivity contribution in [1.82, 2.24) is 10.2 Å². The molecule has 3 N–H and O–H groups in total. The molecule has 1 atom stereocenters. The van der Waals surface area contributed by atoms with E-state index in [1.165, 1.54) is 24.6 Å². The Morgan fingerprint density at radius 2 is 1.72 bits per heavy atom. The lowest BCUT2D eigenvalue weighted by atomic mass is 9.88. The van der Waals surface area contributed by atoms with Gasteiger partial charge in [0.2, 0.25) is 5.91 Å². The van der Waals surface area contributed by atoms with Crippen molar-refractivity contribution in [2.24, 2.45) is 16.9 Å². The van der Waals surface area contributed by atoms with Crippen molar-refractivity contribution in [3.63, 3.8) is 0 Å². The van der Waals surface area contributed by atoms with Crippen LogP contribution in [-0.2, 0) is 14.3 Å². The first kappa shape index (κ1) is 33.4. The van der Waals surface area contributed by atoms with Gasteiger partial charge in [-0.25, -0.2) is 0 Å². The van der Waals surface area contributed by atoms with Crippen molar-refractivity contribution >= 4 is 34.6 Å². The predicted molar refractivity (Wildman–Crippen MR) is 150 cm³/mol. The van der Waals surface area contributed by atoms with Crippen molar-refractivity contribution < 1.29 is 19.1 Å². The molecule has 1 aromatic carbocycles. The summed E-state index contributed by atoms with van der Waals surface area (Å²) in [5, 5.41) is 6.52. The second kappa shape index (κ2) is 20.6. The molecule has 0 radical (unpaired) electrons. The number of carbonyl (C=O) groups is 3. The highest BCUT2D eigenvalue weighted by Crippen LogP contribution is 2.23. The standard InChI is InChI=1S/C22H32N4O4S.C3H8.C2H6/c1-16(24-20(28)17-9-5-3-6-10-17)19(27)15-30-22(25-23)31-14-13-26(2)21(29)18-11-7-4-8-12-18;1-3-2;1-2/h4,7-8,11-12,16-17H,3,5-6,9-10,13-15,23H2,1-2H3,(H,24,28);3H2,1-2H3;1-2H3/b25-22+;;/t16-;;/m0../s1. The first-order valence-corrected chi connectivity index (χ1v) is 14.0. The number of ether oxygens (including phenoxy) is 1. The molecule has 2 amide bonds. The highest BCUT2D eigenvalue weighted by atomic mass is 32.2. The zero-order chi connectivity index (χ0) is 27.3. The largest absolute Gasteiger partial charge is 0.464 e. The average Bonchev–Trinajstić information content (AvgIpc) is 2.92. The molecule has 204 valence electrons. The van der Waals surface area contributed by atoms with Crippen LogP contribution < -0.4 is 11.2 Å². The monoisotopic (exact) mass is 522 g/mol. The fourth-order valence-corrected chi connectivity index (χ4v) is 4.08. The van der Waals surface area contributed by atoms with Gasteiger partial charge in [0.05, 0.1) is 6.04 Å². The third-order valence-corrected chi connectivity index (χ3v) is 6.14. The van der Waals surface area contributed by atoms with Crippen LogP contribution in [0.5, 0.6) is 0 Å². The van der Waals surface area contributed by atoms with E-state index in [-0.39, 0.29) is 35.4 Å². The maximum Gasteiger partial charge on any atom is 0.267 e. The third-order valence-electron chi connectivity index (χ3n) is 5.28. The molecular weight excluding hydrogens is 476 g/mol. The summed E-state index contributed by atoms with van der Waals surface area (Å²) in [7, 11) is 1.72. The fourth-order valence-electron chi connectivity index (χ4n) is 3.32. The summed E-state index contributed by atoms with van der Waals surface area (Å²) in [6.07, 6.45) is 6.30. The number of nitrogens with two attached hydrogens (primary N) is 1. The van der Waals surface area contributed by atoms with Gasteiger partial charge in [0.25, 0.3) is 11.1 Å². The van der Waals surface area contributed by atoms with Crippen LogP contribution in [0.2, 0.25) is 0 Å². The SMILES string of the molecule is CC.CCC.C[C@H](NC(=O)C1CCCCC1)C(=O)CO/C(=N\N)SCCN(C)C(=O)c1ccccc1. The number of nitrogens with one attached hydrogen (secondary N) is 1. The molecule has 0 aromatic heterocycles. The molecule has 2 rings (SSSR count). The minimum Gasteiger partial charge on any atom is -0.464 e. The van der Waals surface area contributed by atoms with Crippen molar-refractivity contribution in [1.29, 1.82) is 0 Å². The summed E-state index contributed by atoms with van der Waals surface area (Å²) in [6, 6.07) is 8.39. The molecule has 1 saturated carbocycles. The Morgan fingerprint density at radius 3 is 2.28 bits per heavy atom. The fraction of sp³-hybridized carbons (Fsp3) is 0.630. The number of hydrogen-bond acceptors (Lipinski definition) is 7. The van der Waals surface area contributed by atoms with E-state index in [0.29, 0.717) is 17.9 Å². The number of carbonyl (C=O) groups excluding carboxylic acids is 3. The number of nitrogens with zero attached hydrogens (tertiary/aromatic N) is 2. The predicted octanol–water partition coefficient (Wildman–Crippen LogP) is 4.83. The molecule has 0 spiro atoms. The summed E-state index contributed by atoms with van der Waals surface area (Å²) < 4.78 is 5.41. The van der Waals surface area contributed by atoms with Crippen LogP contribution in [0.25, 0.3) is 0 Å². The minimum atomic E-state index is -0.631. The second-order valence-corrected chi connectivity index (χ2v) is 9.41. The zero-order valence-corrected chi connectivity index (χ0v) is 23.7. The summed E-state index contributed by atoms with van der Waals surface area (Å²) in [4.78, 5) is 38.5. The highest BCUT2D eigenvalue weighted by molar-refractivity contribution is 8.13. The Hall–Kier alpha value is -2.55. The van der Waals surface area contributed by atoms with E-state index in [1.54, 1.807) is 31.0 Å². The summed E-state index contributed by atoms with van der Waals surface area (Å²) >= 11 is 1.22. The lowest BCUT2D eigenvalue weighted by Gasteiger charge is -2.22. The molecule has 1 aliphatic carbocycles. The molecule has 1 aliphatic rings. The molecule has 8 nitrogen and oxygen atoms in total. The molecular formula is C27H46N4O4S. The first-order valence-electron chi connectivity index (χ1n) is 13.0. The van der Waals surface area contributed by atoms with E-state index in [4.69, 9.17) is 10.6 Å². The van der Waals surface area contributed by atoms with E-state index in [0.717, 1.165) is 25.7 Å². The van der Waals surface area contributed by atoms with Gasteiger partial charge in [-0.3, -0.25) is 14.4 Å². The van der Waals surface area contributed by atoms with E-state index >= 15 is 0 Å². The van der Waals surface area contributed by atoms with Crippen molar-refractivity contribution in [3.8, 4) is 0 Å². The van der Waals surface area contributed by atoms with Crippen LogP contribution in [-0.4, -0.2) is 59.7 Å². The van der Waals surface area contributed by atoms with Crippen LogP contribution in [0.4, 0.5) is 0 Å².